The van der Waals surface area contributed by atoms with E-state index in [1.807, 2.05) is 102 Å². The molecule has 0 spiro atoms. The Morgan fingerprint density at radius 3 is 1.98 bits per heavy atom. The van der Waals surface area contributed by atoms with Crippen LogP contribution in [0.2, 0.25) is 0 Å². The highest BCUT2D eigenvalue weighted by molar-refractivity contribution is 7.09. The minimum absolute atomic E-state index is 0.0534. The zero-order chi connectivity index (χ0) is 43.0. The van der Waals surface area contributed by atoms with Crippen molar-refractivity contribution in [3.63, 3.8) is 0 Å². The van der Waals surface area contributed by atoms with Crippen molar-refractivity contribution >= 4 is 46.8 Å². The molecular formula is C47H49N5O8S. The molecule has 0 radical (unpaired) electrons. The summed E-state index contributed by atoms with van der Waals surface area (Å²) in [5.41, 5.74) is 4.30. The number of ether oxygens (including phenoxy) is 1. The van der Waals surface area contributed by atoms with Gasteiger partial charge in [0.1, 0.15) is 29.9 Å². The van der Waals surface area contributed by atoms with Gasteiger partial charge in [-0.25, -0.2) is 0 Å². The number of carbonyl (C=O) groups is 6. The number of nitrogens with one attached hydrogen (secondary N) is 5. The molecule has 0 saturated heterocycles. The molecule has 4 aromatic carbocycles. The van der Waals surface area contributed by atoms with Crippen LogP contribution >= 0.6 is 11.3 Å². The molecule has 0 aliphatic carbocycles. The van der Waals surface area contributed by atoms with Gasteiger partial charge in [-0.05, 0) is 70.7 Å². The molecule has 14 heteroatoms. The Kier molecular flexibility index (Phi) is 15.8. The van der Waals surface area contributed by atoms with Crippen LogP contribution in [0.15, 0.2) is 127 Å². The monoisotopic (exact) mass is 843 g/mol. The topological polar surface area (TPSA) is 192 Å². The SMILES string of the molecule is O=C(O)CCCNC(=O)[C@@H]1Cc2ccc(cc2)OCC(=O)N[C@H](Cc2cccs2)C(=O)N[C@@H](Cc2ccc(-c3ccccc3)cc2)C(=O)N[C@H](CCc2ccccc2)C(=O)N1. The molecular weight excluding hydrogens is 795 g/mol. The summed E-state index contributed by atoms with van der Waals surface area (Å²) in [6, 6.07) is 32.8. The van der Waals surface area contributed by atoms with Gasteiger partial charge in [-0.2, -0.15) is 0 Å². The van der Waals surface area contributed by atoms with Gasteiger partial charge >= 0.3 is 5.97 Å². The molecule has 13 nitrogen and oxygen atoms in total. The highest BCUT2D eigenvalue weighted by Gasteiger charge is 2.32. The third-order valence-corrected chi connectivity index (χ3v) is 11.1. The lowest BCUT2D eigenvalue weighted by molar-refractivity contribution is -0.137. The van der Waals surface area contributed by atoms with Crippen molar-refractivity contribution in [3.8, 4) is 16.9 Å². The van der Waals surface area contributed by atoms with E-state index in [2.05, 4.69) is 26.6 Å². The van der Waals surface area contributed by atoms with Gasteiger partial charge in [0.15, 0.2) is 6.61 Å². The maximum absolute atomic E-state index is 14.5. The van der Waals surface area contributed by atoms with Crippen molar-refractivity contribution in [2.24, 2.45) is 0 Å². The van der Waals surface area contributed by atoms with E-state index in [0.29, 0.717) is 17.7 Å². The molecule has 5 aromatic rings. The maximum atomic E-state index is 14.5. The Morgan fingerprint density at radius 2 is 1.31 bits per heavy atom. The Morgan fingerprint density at radius 1 is 0.672 bits per heavy atom. The van der Waals surface area contributed by atoms with Crippen molar-refractivity contribution in [3.05, 3.63) is 148 Å². The fourth-order valence-electron chi connectivity index (χ4n) is 6.92. The van der Waals surface area contributed by atoms with Crippen LogP contribution in [0.4, 0.5) is 0 Å². The number of amides is 5. The smallest absolute Gasteiger partial charge is 0.303 e. The second-order valence-corrected chi connectivity index (χ2v) is 15.8. The summed E-state index contributed by atoms with van der Waals surface area (Å²) >= 11 is 1.43. The van der Waals surface area contributed by atoms with E-state index >= 15 is 0 Å². The molecule has 0 fully saturated rings. The minimum atomic E-state index is -1.19. The molecule has 5 amide bonds. The molecule has 0 saturated carbocycles. The van der Waals surface area contributed by atoms with Crippen LogP contribution in [0, 0.1) is 0 Å². The lowest BCUT2D eigenvalue weighted by Crippen LogP contribution is -2.59. The molecule has 3 heterocycles. The van der Waals surface area contributed by atoms with E-state index in [9.17, 15) is 28.8 Å². The number of carbonyl (C=O) groups excluding carboxylic acids is 5. The van der Waals surface area contributed by atoms with Crippen molar-refractivity contribution in [2.75, 3.05) is 13.2 Å². The van der Waals surface area contributed by atoms with Gasteiger partial charge in [0.25, 0.3) is 5.91 Å². The number of thiophene rings is 1. The first-order valence-electron chi connectivity index (χ1n) is 20.2. The fourth-order valence-corrected chi connectivity index (χ4v) is 7.67. The number of carboxylic acid groups (broad SMARTS) is 1. The third kappa shape index (κ3) is 13.6. The number of hydrogen-bond acceptors (Lipinski definition) is 8. The second-order valence-electron chi connectivity index (χ2n) is 14.8. The first-order valence-corrected chi connectivity index (χ1v) is 21.1. The van der Waals surface area contributed by atoms with Gasteiger partial charge in [-0.1, -0.05) is 103 Å². The average molecular weight is 844 g/mol. The summed E-state index contributed by atoms with van der Waals surface area (Å²) in [6.07, 6.45) is 0.869. The van der Waals surface area contributed by atoms with Crippen LogP contribution in [0.1, 0.15) is 40.8 Å². The van der Waals surface area contributed by atoms with Crippen molar-refractivity contribution in [1.82, 2.24) is 26.6 Å². The lowest BCUT2D eigenvalue weighted by Gasteiger charge is -2.27. The fraction of sp³-hybridized carbons (Fsp3) is 0.277. The van der Waals surface area contributed by atoms with Gasteiger partial charge < -0.3 is 36.4 Å². The maximum Gasteiger partial charge on any atom is 0.303 e. The van der Waals surface area contributed by atoms with Crippen LogP contribution in [0.3, 0.4) is 0 Å². The summed E-state index contributed by atoms with van der Waals surface area (Å²) in [6.45, 7) is -0.326. The first-order chi connectivity index (χ1) is 29.6. The van der Waals surface area contributed by atoms with Gasteiger partial charge in [-0.3, -0.25) is 28.8 Å². The highest BCUT2D eigenvalue weighted by atomic mass is 32.1. The summed E-state index contributed by atoms with van der Waals surface area (Å²) in [5, 5.41) is 25.1. The zero-order valence-electron chi connectivity index (χ0n) is 33.5. The minimum Gasteiger partial charge on any atom is -0.484 e. The predicted molar refractivity (Wildman–Crippen MR) is 232 cm³/mol. The van der Waals surface area contributed by atoms with Gasteiger partial charge in [0.2, 0.25) is 23.6 Å². The molecule has 2 bridgehead atoms. The van der Waals surface area contributed by atoms with Crippen molar-refractivity contribution in [2.45, 2.75) is 69.1 Å². The van der Waals surface area contributed by atoms with Gasteiger partial charge in [0, 0.05) is 37.1 Å². The van der Waals surface area contributed by atoms with Crippen LogP contribution in [0.25, 0.3) is 11.1 Å². The quantitative estimate of drug-likeness (QED) is 0.0743. The van der Waals surface area contributed by atoms with E-state index < -0.39 is 66.3 Å². The number of aryl methyl sites for hydroxylation is 1. The molecule has 4 atom stereocenters. The van der Waals surface area contributed by atoms with Crippen molar-refractivity contribution < 1.29 is 38.6 Å². The number of fused-ring (bicyclic) bond motifs is 16. The van der Waals surface area contributed by atoms with Crippen LogP contribution in [-0.4, -0.2) is 77.9 Å². The number of benzene rings is 4. The average Bonchev–Trinajstić information content (AvgIpc) is 3.79. The van der Waals surface area contributed by atoms with Crippen LogP contribution in [-0.2, 0) is 54.5 Å². The number of rotatable bonds is 13. The van der Waals surface area contributed by atoms with Crippen molar-refractivity contribution in [1.29, 1.82) is 0 Å². The van der Waals surface area contributed by atoms with Crippen LogP contribution < -0.4 is 31.3 Å². The number of carboxylic acids is 1. The van der Waals surface area contributed by atoms with Crippen LogP contribution in [0.5, 0.6) is 5.75 Å². The number of aliphatic carboxylic acids is 1. The zero-order valence-corrected chi connectivity index (χ0v) is 34.3. The Labute approximate surface area is 358 Å². The molecule has 61 heavy (non-hydrogen) atoms. The Bertz CT molecular complexity index is 2240. The lowest BCUT2D eigenvalue weighted by atomic mass is 9.99. The Balaban J connectivity index is 1.33. The van der Waals surface area contributed by atoms with E-state index in [1.54, 1.807) is 24.3 Å². The molecule has 7 rings (SSSR count). The van der Waals surface area contributed by atoms with Gasteiger partial charge in [-0.15, -0.1) is 11.3 Å². The molecule has 0 unspecified atom stereocenters. The summed E-state index contributed by atoms with van der Waals surface area (Å²) in [4.78, 5) is 82.0. The summed E-state index contributed by atoms with van der Waals surface area (Å²) < 4.78 is 5.77. The van der Waals surface area contributed by atoms with E-state index in [1.165, 1.54) is 11.3 Å². The van der Waals surface area contributed by atoms with E-state index in [4.69, 9.17) is 9.84 Å². The third-order valence-electron chi connectivity index (χ3n) is 10.2. The number of hydrogen-bond donors (Lipinski definition) is 6. The molecule has 6 N–H and O–H groups in total. The normalized spacial score (nSPS) is 18.8. The molecule has 2 aliphatic heterocycles. The highest BCUT2D eigenvalue weighted by Crippen LogP contribution is 2.21. The predicted octanol–water partition coefficient (Wildman–Crippen LogP) is 4.39. The van der Waals surface area contributed by atoms with E-state index in [0.717, 1.165) is 27.1 Å². The molecule has 316 valence electrons. The standard InChI is InChI=1S/C47H49N5O8S/c53-42-30-60-36-22-17-33(18-23-36)27-39(44(56)48-25-7-14-43(54)55)51-45(57)38(24-19-31-9-3-1-4-10-31)50-46(58)40(52-47(59)41(49-42)29-37-13-8-26-61-37)28-32-15-20-35(21-16-32)34-11-5-2-6-12-34/h1-6,8-13,15-18,20-23,26,38-41H,7,14,19,24-25,27-30H2,(H,48,56)(H,49,53)(H,50,58)(H,51,57)(H,52,59)(H,54,55)/t38-,39+,40+,41-/m1/s1. The van der Waals surface area contributed by atoms with Gasteiger partial charge in [0.05, 0.1) is 0 Å². The Hall–Kier alpha value is -6.80. The second kappa shape index (κ2) is 22.0. The van der Waals surface area contributed by atoms with E-state index in [-0.39, 0.29) is 45.1 Å². The first kappa shape index (κ1) is 43.8. The largest absolute Gasteiger partial charge is 0.484 e. The summed E-state index contributed by atoms with van der Waals surface area (Å²) in [7, 11) is 0. The molecule has 1 aromatic heterocycles. The molecule has 2 aliphatic rings. The summed E-state index contributed by atoms with van der Waals surface area (Å²) in [5.74, 6) is -3.57.